The average molecular weight is 631 g/mol. The second kappa shape index (κ2) is 14.2. The van der Waals surface area contributed by atoms with E-state index in [0.29, 0.717) is 31.5 Å². The zero-order valence-corrected chi connectivity index (χ0v) is 27.5. The summed E-state index contributed by atoms with van der Waals surface area (Å²) < 4.78 is 30.3. The smallest absolute Gasteiger partial charge is 0.294 e. The fraction of sp³-hybridized carbons (Fsp3) is 0.371. The van der Waals surface area contributed by atoms with Crippen molar-refractivity contribution in [1.29, 1.82) is 0 Å². The van der Waals surface area contributed by atoms with E-state index >= 15 is 0 Å². The van der Waals surface area contributed by atoms with E-state index in [4.69, 9.17) is 0 Å². The van der Waals surface area contributed by atoms with E-state index < -0.39 is 15.9 Å². The molecule has 1 aromatic heterocycles. The molecular formula is C35H42N4O5S. The van der Waals surface area contributed by atoms with Crippen molar-refractivity contribution in [3.05, 3.63) is 106 Å². The fourth-order valence-corrected chi connectivity index (χ4v) is 6.18. The average Bonchev–Trinajstić information content (AvgIpc) is 3.30. The Bertz CT molecular complexity index is 1810. The summed E-state index contributed by atoms with van der Waals surface area (Å²) in [7, 11) is -3.93. The number of hydrogen-bond donors (Lipinski definition) is 1. The lowest BCUT2D eigenvalue weighted by Crippen LogP contribution is -2.29. The third-order valence-electron chi connectivity index (χ3n) is 7.48. The summed E-state index contributed by atoms with van der Waals surface area (Å²) in [5.74, 6) is 0.296. The number of ketones is 1. The van der Waals surface area contributed by atoms with E-state index in [1.54, 1.807) is 23.6 Å². The molecule has 0 atom stereocenters. The molecule has 10 heteroatoms. The molecule has 0 radical (unpaired) electrons. The largest absolute Gasteiger partial charge is 0.346 e. The number of carbonyl (C=O) groups excluding carboxylic acids is 2. The Morgan fingerprint density at radius 2 is 1.53 bits per heavy atom. The predicted molar refractivity (Wildman–Crippen MR) is 176 cm³/mol. The van der Waals surface area contributed by atoms with Gasteiger partial charge in [-0.1, -0.05) is 88.4 Å². The van der Waals surface area contributed by atoms with Crippen molar-refractivity contribution in [3.8, 4) is 11.1 Å². The molecule has 0 aliphatic rings. The number of sulfonamides is 1. The molecule has 0 fully saturated rings. The third-order valence-corrected chi connectivity index (χ3v) is 8.85. The fourth-order valence-electron chi connectivity index (χ4n) is 5.08. The number of nitrogens with zero attached hydrogens (tertiary/aromatic N) is 3. The molecule has 0 aliphatic carbocycles. The van der Waals surface area contributed by atoms with Crippen LogP contribution in [0.5, 0.6) is 0 Å². The Kier molecular flexibility index (Phi) is 10.6. The van der Waals surface area contributed by atoms with Crippen molar-refractivity contribution in [3.63, 3.8) is 0 Å². The first-order chi connectivity index (χ1) is 21.3. The van der Waals surface area contributed by atoms with E-state index in [2.05, 4.69) is 9.82 Å². The summed E-state index contributed by atoms with van der Waals surface area (Å²) in [6.07, 6.45) is 2.77. The molecule has 0 saturated heterocycles. The van der Waals surface area contributed by atoms with Crippen LogP contribution in [-0.4, -0.2) is 34.5 Å². The van der Waals surface area contributed by atoms with Crippen molar-refractivity contribution < 1.29 is 18.0 Å². The first-order valence-electron chi connectivity index (χ1n) is 15.3. The van der Waals surface area contributed by atoms with Crippen LogP contribution < -0.4 is 10.4 Å². The topological polar surface area (TPSA) is 120 Å². The van der Waals surface area contributed by atoms with Crippen LogP contribution in [0.25, 0.3) is 11.1 Å². The highest BCUT2D eigenvalue weighted by molar-refractivity contribution is 7.90. The minimum atomic E-state index is -3.93. The molecule has 4 aromatic rings. The number of rotatable bonds is 13. The number of Topliss-reactive ketones (excluding diaryl/α,β-unsaturated/α-hetero) is 1. The summed E-state index contributed by atoms with van der Waals surface area (Å²) >= 11 is 0. The number of aryl methyl sites for hydroxylation is 2. The van der Waals surface area contributed by atoms with Crippen LogP contribution in [0.3, 0.4) is 0 Å². The van der Waals surface area contributed by atoms with Gasteiger partial charge in [0.25, 0.3) is 10.0 Å². The van der Waals surface area contributed by atoms with Crippen LogP contribution in [0.2, 0.25) is 0 Å². The van der Waals surface area contributed by atoms with E-state index in [1.807, 2.05) is 82.3 Å². The third kappa shape index (κ3) is 8.88. The molecule has 0 spiro atoms. The van der Waals surface area contributed by atoms with Gasteiger partial charge in [-0.05, 0) is 59.6 Å². The van der Waals surface area contributed by atoms with Gasteiger partial charge in [0.2, 0.25) is 5.91 Å². The van der Waals surface area contributed by atoms with Crippen LogP contribution in [-0.2, 0) is 40.7 Å². The first-order valence-corrected chi connectivity index (χ1v) is 16.8. The number of carbonyl (C=O) groups is 2. The first kappa shape index (κ1) is 33.6. The van der Waals surface area contributed by atoms with Gasteiger partial charge < -0.3 is 0 Å². The van der Waals surface area contributed by atoms with Crippen molar-refractivity contribution in [2.75, 3.05) is 0 Å². The van der Waals surface area contributed by atoms with Gasteiger partial charge in [0.05, 0.1) is 11.4 Å². The van der Waals surface area contributed by atoms with E-state index in [9.17, 15) is 22.8 Å². The number of hydrogen-bond acceptors (Lipinski definition) is 6. The molecule has 0 unspecified atom stereocenters. The molecule has 45 heavy (non-hydrogen) atoms. The molecule has 0 saturated carbocycles. The molecule has 9 nitrogen and oxygen atoms in total. The maximum absolute atomic E-state index is 13.1. The second-order valence-corrected chi connectivity index (χ2v) is 14.1. The Morgan fingerprint density at radius 3 is 2.16 bits per heavy atom. The number of aromatic nitrogens is 3. The SMILES string of the molecule is CCC(=O)NS(=O)(=O)c1cccc(-c2ccc(CCCc3nn(Cc4ccc(C(=O)CC(C)(C)C)cc4)c(=O)n3CC)cc2)c1. The lowest BCUT2D eigenvalue weighted by atomic mass is 9.88. The van der Waals surface area contributed by atoms with Crippen LogP contribution in [0.1, 0.15) is 81.2 Å². The van der Waals surface area contributed by atoms with Gasteiger partial charge in [0.1, 0.15) is 5.82 Å². The molecule has 1 N–H and O–H groups in total. The van der Waals surface area contributed by atoms with Gasteiger partial charge in [-0.3, -0.25) is 14.2 Å². The van der Waals surface area contributed by atoms with Gasteiger partial charge in [-0.15, -0.1) is 0 Å². The minimum absolute atomic E-state index is 0.0375. The molecular weight excluding hydrogens is 588 g/mol. The van der Waals surface area contributed by atoms with Crippen molar-refractivity contribution in [2.45, 2.75) is 84.7 Å². The van der Waals surface area contributed by atoms with Crippen LogP contribution in [0.4, 0.5) is 0 Å². The van der Waals surface area contributed by atoms with Gasteiger partial charge in [-0.25, -0.2) is 22.6 Å². The Balaban J connectivity index is 1.38. The maximum Gasteiger partial charge on any atom is 0.346 e. The lowest BCUT2D eigenvalue weighted by Gasteiger charge is -2.16. The maximum atomic E-state index is 13.1. The van der Waals surface area contributed by atoms with E-state index in [-0.39, 0.29) is 28.2 Å². The van der Waals surface area contributed by atoms with Crippen LogP contribution in [0.15, 0.2) is 82.5 Å². The standard InChI is InChI=1S/C35H42N4O5S/c1-6-33(41)37-45(43,44)30-12-9-11-29(22-30)27-18-14-25(15-19-27)10-8-13-32-36-39(34(42)38(32)7-2)24-26-16-20-28(21-17-26)31(40)23-35(3,4)5/h9,11-12,14-22H,6-8,10,13,23-24H2,1-5H3,(H,37,41). The normalized spacial score (nSPS) is 11.8. The molecule has 1 amide bonds. The summed E-state index contributed by atoms with van der Waals surface area (Å²) in [5.41, 5.74) is 4.07. The molecule has 1 heterocycles. The lowest BCUT2D eigenvalue weighted by molar-refractivity contribution is -0.119. The highest BCUT2D eigenvalue weighted by Crippen LogP contribution is 2.24. The minimum Gasteiger partial charge on any atom is -0.294 e. The molecule has 4 rings (SSSR count). The van der Waals surface area contributed by atoms with Crippen molar-refractivity contribution >= 4 is 21.7 Å². The van der Waals surface area contributed by atoms with Crippen molar-refractivity contribution in [1.82, 2.24) is 19.1 Å². The zero-order chi connectivity index (χ0) is 32.8. The molecule has 0 bridgehead atoms. The van der Waals surface area contributed by atoms with E-state index in [0.717, 1.165) is 40.9 Å². The molecule has 0 aliphatic heterocycles. The Labute approximate surface area is 265 Å². The highest BCUT2D eigenvalue weighted by Gasteiger charge is 2.19. The van der Waals surface area contributed by atoms with Crippen LogP contribution in [0, 0.1) is 5.41 Å². The van der Waals surface area contributed by atoms with E-state index in [1.165, 1.54) is 10.7 Å². The molecule has 3 aromatic carbocycles. The highest BCUT2D eigenvalue weighted by atomic mass is 32.2. The van der Waals surface area contributed by atoms with Crippen LogP contribution >= 0.6 is 0 Å². The van der Waals surface area contributed by atoms with Gasteiger partial charge in [-0.2, -0.15) is 5.10 Å². The summed E-state index contributed by atoms with van der Waals surface area (Å²) in [6.45, 7) is 10.5. The number of benzene rings is 3. The quantitative estimate of drug-likeness (QED) is 0.187. The van der Waals surface area contributed by atoms with Gasteiger partial charge in [0, 0.05) is 31.4 Å². The Morgan fingerprint density at radius 1 is 0.867 bits per heavy atom. The number of nitrogens with one attached hydrogen (secondary N) is 1. The monoisotopic (exact) mass is 630 g/mol. The zero-order valence-electron chi connectivity index (χ0n) is 26.7. The van der Waals surface area contributed by atoms with Gasteiger partial charge in [0.15, 0.2) is 5.78 Å². The Hall–Kier alpha value is -4.31. The van der Waals surface area contributed by atoms with Crippen molar-refractivity contribution in [2.24, 2.45) is 5.41 Å². The predicted octanol–water partition coefficient (Wildman–Crippen LogP) is 5.79. The summed E-state index contributed by atoms with van der Waals surface area (Å²) in [4.78, 5) is 37.3. The molecule has 238 valence electrons. The number of amides is 1. The second-order valence-electron chi connectivity index (χ2n) is 12.4. The summed E-state index contributed by atoms with van der Waals surface area (Å²) in [6, 6.07) is 21.8. The van der Waals surface area contributed by atoms with Gasteiger partial charge >= 0.3 is 5.69 Å². The summed E-state index contributed by atoms with van der Waals surface area (Å²) in [5, 5.41) is 4.64.